The van der Waals surface area contributed by atoms with E-state index in [0.29, 0.717) is 12.4 Å². The second-order valence-corrected chi connectivity index (χ2v) is 7.16. The lowest BCUT2D eigenvalue weighted by atomic mass is 9.96. The SMILES string of the molecule is Cc1ccc(CNC(=O)C2CCN(c3ccc4nc(C)nn4n3)CC2)cc1. The highest BCUT2D eigenvalue weighted by Gasteiger charge is 2.25. The molecule has 1 amide bonds. The van der Waals surface area contributed by atoms with E-state index in [2.05, 4.69) is 56.6 Å². The molecule has 3 aromatic rings. The predicted molar refractivity (Wildman–Crippen MR) is 103 cm³/mol. The zero-order valence-corrected chi connectivity index (χ0v) is 15.7. The Labute approximate surface area is 158 Å². The molecule has 0 saturated carbocycles. The fourth-order valence-electron chi connectivity index (χ4n) is 3.46. The molecule has 1 aromatic carbocycles. The number of fused-ring (bicyclic) bond motifs is 1. The molecule has 0 spiro atoms. The van der Waals surface area contributed by atoms with Gasteiger partial charge in [0.15, 0.2) is 11.5 Å². The van der Waals surface area contributed by atoms with Crippen LogP contribution < -0.4 is 10.2 Å². The summed E-state index contributed by atoms with van der Waals surface area (Å²) in [5.74, 6) is 1.80. The van der Waals surface area contributed by atoms with Gasteiger partial charge in [-0.05, 0) is 44.4 Å². The van der Waals surface area contributed by atoms with Crippen molar-refractivity contribution in [1.82, 2.24) is 25.1 Å². The van der Waals surface area contributed by atoms with E-state index in [1.54, 1.807) is 4.63 Å². The van der Waals surface area contributed by atoms with Crippen molar-refractivity contribution in [3.8, 4) is 0 Å². The van der Waals surface area contributed by atoms with Crippen LogP contribution in [0.25, 0.3) is 5.65 Å². The Balaban J connectivity index is 1.32. The minimum absolute atomic E-state index is 0.0593. The number of amides is 1. The molecule has 1 fully saturated rings. The maximum absolute atomic E-state index is 12.5. The number of piperidine rings is 1. The molecular formula is C20H24N6O. The van der Waals surface area contributed by atoms with E-state index >= 15 is 0 Å². The lowest BCUT2D eigenvalue weighted by molar-refractivity contribution is -0.125. The van der Waals surface area contributed by atoms with E-state index in [4.69, 9.17) is 0 Å². The number of nitrogens with zero attached hydrogens (tertiary/aromatic N) is 5. The number of carbonyl (C=O) groups is 1. The van der Waals surface area contributed by atoms with Gasteiger partial charge in [0.05, 0.1) is 0 Å². The molecule has 0 bridgehead atoms. The van der Waals surface area contributed by atoms with Crippen LogP contribution in [0.2, 0.25) is 0 Å². The van der Waals surface area contributed by atoms with E-state index in [1.165, 1.54) is 5.56 Å². The normalized spacial score (nSPS) is 15.3. The maximum atomic E-state index is 12.5. The Morgan fingerprint density at radius 1 is 1.07 bits per heavy atom. The Morgan fingerprint density at radius 3 is 2.56 bits per heavy atom. The van der Waals surface area contributed by atoms with Crippen LogP contribution in [0.3, 0.4) is 0 Å². The lowest BCUT2D eigenvalue weighted by Crippen LogP contribution is -2.40. The molecule has 7 heteroatoms. The number of hydrogen-bond donors (Lipinski definition) is 1. The topological polar surface area (TPSA) is 75.4 Å². The molecule has 4 rings (SSSR count). The smallest absolute Gasteiger partial charge is 0.223 e. The summed E-state index contributed by atoms with van der Waals surface area (Å²) in [4.78, 5) is 19.0. The molecule has 1 saturated heterocycles. The summed E-state index contributed by atoms with van der Waals surface area (Å²) in [6.07, 6.45) is 1.66. The predicted octanol–water partition coefficient (Wildman–Crippen LogP) is 2.27. The van der Waals surface area contributed by atoms with E-state index in [0.717, 1.165) is 43.0 Å². The molecule has 1 aliphatic rings. The fraction of sp³-hybridized carbons (Fsp3) is 0.400. The van der Waals surface area contributed by atoms with E-state index in [9.17, 15) is 4.79 Å². The van der Waals surface area contributed by atoms with E-state index in [-0.39, 0.29) is 11.8 Å². The van der Waals surface area contributed by atoms with Crippen LogP contribution in [0.15, 0.2) is 36.4 Å². The summed E-state index contributed by atoms with van der Waals surface area (Å²) in [5.41, 5.74) is 3.11. The molecule has 7 nitrogen and oxygen atoms in total. The average Bonchev–Trinajstić information content (AvgIpc) is 3.06. The molecule has 2 aromatic heterocycles. The van der Waals surface area contributed by atoms with Gasteiger partial charge < -0.3 is 10.2 Å². The van der Waals surface area contributed by atoms with Crippen LogP contribution in [0.1, 0.15) is 29.8 Å². The van der Waals surface area contributed by atoms with E-state index in [1.807, 2.05) is 19.1 Å². The number of rotatable bonds is 4. The average molecular weight is 364 g/mol. The number of anilines is 1. The van der Waals surface area contributed by atoms with Crippen molar-refractivity contribution < 1.29 is 4.79 Å². The number of carbonyl (C=O) groups excluding carboxylic acids is 1. The van der Waals surface area contributed by atoms with Crippen LogP contribution in [0, 0.1) is 19.8 Å². The quantitative estimate of drug-likeness (QED) is 0.769. The zero-order valence-electron chi connectivity index (χ0n) is 15.7. The molecule has 1 N–H and O–H groups in total. The fourth-order valence-corrected chi connectivity index (χ4v) is 3.46. The van der Waals surface area contributed by atoms with Crippen molar-refractivity contribution in [3.63, 3.8) is 0 Å². The van der Waals surface area contributed by atoms with Gasteiger partial charge in [0.2, 0.25) is 5.91 Å². The van der Waals surface area contributed by atoms with Gasteiger partial charge in [-0.25, -0.2) is 4.98 Å². The summed E-state index contributed by atoms with van der Waals surface area (Å²) < 4.78 is 1.57. The van der Waals surface area contributed by atoms with Crippen molar-refractivity contribution >= 4 is 17.4 Å². The van der Waals surface area contributed by atoms with Gasteiger partial charge in [0.1, 0.15) is 5.82 Å². The molecule has 140 valence electrons. The standard InChI is InChI=1S/C20H24N6O/c1-14-3-5-16(6-4-14)13-21-20(27)17-9-11-25(12-10-17)19-8-7-18-22-15(2)23-26(18)24-19/h3-8,17H,9-13H2,1-2H3,(H,21,27). The third-order valence-electron chi connectivity index (χ3n) is 5.08. The van der Waals surface area contributed by atoms with Crippen molar-refractivity contribution in [3.05, 3.63) is 53.3 Å². The molecule has 0 radical (unpaired) electrons. The maximum Gasteiger partial charge on any atom is 0.223 e. The van der Waals surface area contributed by atoms with Crippen LogP contribution in [0.5, 0.6) is 0 Å². The van der Waals surface area contributed by atoms with Gasteiger partial charge in [-0.3, -0.25) is 4.79 Å². The molecule has 0 unspecified atom stereocenters. The third-order valence-corrected chi connectivity index (χ3v) is 5.08. The summed E-state index contributed by atoms with van der Waals surface area (Å²) in [6, 6.07) is 12.2. The zero-order chi connectivity index (χ0) is 18.8. The van der Waals surface area contributed by atoms with E-state index < -0.39 is 0 Å². The number of benzene rings is 1. The first-order chi connectivity index (χ1) is 13.1. The first-order valence-corrected chi connectivity index (χ1v) is 9.37. The Morgan fingerprint density at radius 2 is 1.81 bits per heavy atom. The van der Waals surface area contributed by atoms with Gasteiger partial charge in [0, 0.05) is 25.6 Å². The highest BCUT2D eigenvalue weighted by molar-refractivity contribution is 5.79. The highest BCUT2D eigenvalue weighted by atomic mass is 16.1. The van der Waals surface area contributed by atoms with Crippen LogP contribution in [-0.4, -0.2) is 38.8 Å². The molecular weight excluding hydrogens is 340 g/mol. The number of hydrogen-bond acceptors (Lipinski definition) is 5. The Kier molecular flexibility index (Phi) is 4.75. The number of aromatic nitrogens is 4. The largest absolute Gasteiger partial charge is 0.355 e. The first-order valence-electron chi connectivity index (χ1n) is 9.37. The summed E-state index contributed by atoms with van der Waals surface area (Å²) in [5, 5.41) is 11.9. The van der Waals surface area contributed by atoms with Crippen molar-refractivity contribution in [2.75, 3.05) is 18.0 Å². The van der Waals surface area contributed by atoms with Crippen LogP contribution >= 0.6 is 0 Å². The second kappa shape index (κ2) is 7.34. The molecule has 0 aliphatic carbocycles. The van der Waals surface area contributed by atoms with Gasteiger partial charge in [-0.1, -0.05) is 29.8 Å². The Hall–Kier alpha value is -2.96. The van der Waals surface area contributed by atoms with Crippen LogP contribution in [0.4, 0.5) is 5.82 Å². The summed E-state index contributed by atoms with van der Waals surface area (Å²) in [6.45, 7) is 6.13. The lowest BCUT2D eigenvalue weighted by Gasteiger charge is -2.31. The monoisotopic (exact) mass is 364 g/mol. The summed E-state index contributed by atoms with van der Waals surface area (Å²) >= 11 is 0. The van der Waals surface area contributed by atoms with Gasteiger partial charge in [-0.15, -0.1) is 14.8 Å². The second-order valence-electron chi connectivity index (χ2n) is 7.16. The Bertz CT molecular complexity index is 941. The van der Waals surface area contributed by atoms with Gasteiger partial charge in [-0.2, -0.15) is 0 Å². The summed E-state index contributed by atoms with van der Waals surface area (Å²) in [7, 11) is 0. The molecule has 27 heavy (non-hydrogen) atoms. The molecule has 1 aliphatic heterocycles. The third kappa shape index (κ3) is 3.92. The minimum Gasteiger partial charge on any atom is -0.355 e. The van der Waals surface area contributed by atoms with Crippen molar-refractivity contribution in [2.24, 2.45) is 5.92 Å². The van der Waals surface area contributed by atoms with Gasteiger partial charge in [0.25, 0.3) is 0 Å². The number of aryl methyl sites for hydroxylation is 2. The molecule has 3 heterocycles. The van der Waals surface area contributed by atoms with Gasteiger partial charge >= 0.3 is 0 Å². The van der Waals surface area contributed by atoms with Crippen LogP contribution in [-0.2, 0) is 11.3 Å². The highest BCUT2D eigenvalue weighted by Crippen LogP contribution is 2.22. The molecule has 0 atom stereocenters. The van der Waals surface area contributed by atoms with Crippen molar-refractivity contribution in [2.45, 2.75) is 33.2 Å². The number of nitrogens with one attached hydrogen (secondary N) is 1. The minimum atomic E-state index is 0.0593. The first kappa shape index (κ1) is 17.5. The van der Waals surface area contributed by atoms with Crippen molar-refractivity contribution in [1.29, 1.82) is 0 Å².